The fourth-order valence-corrected chi connectivity index (χ4v) is 11.6. The van der Waals surface area contributed by atoms with E-state index in [-0.39, 0.29) is 12.8 Å². The number of carbonyl (C=O) groups excluding carboxylic acids is 1. The molecule has 0 aromatic rings. The molecule has 0 bridgehead atoms. The van der Waals surface area contributed by atoms with Crippen molar-refractivity contribution < 1.29 is 50.0 Å². The minimum atomic E-state index is -1.67. The molecule has 0 radical (unpaired) electrons. The predicted molar refractivity (Wildman–Crippen MR) is 339 cm³/mol. The zero-order valence-corrected chi connectivity index (χ0v) is 53.0. The highest BCUT2D eigenvalue weighted by Crippen LogP contribution is 2.24. The van der Waals surface area contributed by atoms with Gasteiger partial charge in [0, 0.05) is 0 Å². The van der Waals surface area contributed by atoms with Crippen LogP contribution in [0, 0.1) is 0 Å². The first-order valence-electron chi connectivity index (χ1n) is 35.2. The standard InChI is InChI=1S/C70H135NO10/c1-3-5-7-9-11-13-15-17-19-21-23-25-27-29-31-33-35-37-39-41-43-45-47-49-51-53-55-57-62(73)65(75)61(60-80-70-68(78)67(77)66(76)64(59-72)81-70)71-69(79)63(74)58-56-54-52-50-48-46-44-42-40-38-36-34-32-30-28-26-24-22-20-18-16-14-12-10-8-6-4-2/h30,32,49,51,61-68,70,72-78H,3-29,31,33-48,50,52-60H2,1-2H3,(H,71,79)/b32-30-,51-49+. The van der Waals surface area contributed by atoms with Crippen LogP contribution < -0.4 is 5.32 Å². The Labute approximate surface area is 499 Å². The van der Waals surface area contributed by atoms with E-state index in [2.05, 4.69) is 43.5 Å². The van der Waals surface area contributed by atoms with Crippen LogP contribution in [0.5, 0.6) is 0 Å². The topological polar surface area (TPSA) is 189 Å². The van der Waals surface area contributed by atoms with E-state index in [0.717, 1.165) is 38.5 Å². The van der Waals surface area contributed by atoms with Gasteiger partial charge >= 0.3 is 0 Å². The molecule has 1 fully saturated rings. The first-order valence-corrected chi connectivity index (χ1v) is 35.2. The van der Waals surface area contributed by atoms with Crippen molar-refractivity contribution in [2.24, 2.45) is 0 Å². The number of ether oxygens (including phenoxy) is 2. The molecule has 480 valence electrons. The fraction of sp³-hybridized carbons (Fsp3) is 0.929. The quantitative estimate of drug-likeness (QED) is 0.0215. The molecule has 0 aromatic heterocycles. The summed E-state index contributed by atoms with van der Waals surface area (Å²) in [4.78, 5) is 13.2. The summed E-state index contributed by atoms with van der Waals surface area (Å²) in [5.41, 5.74) is 0. The van der Waals surface area contributed by atoms with Crippen LogP contribution in [0.15, 0.2) is 24.3 Å². The molecule has 1 saturated heterocycles. The summed E-state index contributed by atoms with van der Waals surface area (Å²) < 4.78 is 11.2. The lowest BCUT2D eigenvalue weighted by Crippen LogP contribution is -2.60. The minimum Gasteiger partial charge on any atom is -0.394 e. The van der Waals surface area contributed by atoms with Crippen molar-refractivity contribution in [2.45, 2.75) is 403 Å². The summed E-state index contributed by atoms with van der Waals surface area (Å²) in [5.74, 6) is -0.701. The number of hydrogen-bond acceptors (Lipinski definition) is 10. The third-order valence-electron chi connectivity index (χ3n) is 17.2. The molecule has 9 unspecified atom stereocenters. The van der Waals surface area contributed by atoms with E-state index >= 15 is 0 Å². The number of rotatable bonds is 62. The third-order valence-corrected chi connectivity index (χ3v) is 17.2. The molecule has 11 nitrogen and oxygen atoms in total. The van der Waals surface area contributed by atoms with Gasteiger partial charge in [0.2, 0.25) is 5.91 Å². The van der Waals surface area contributed by atoms with Crippen LogP contribution >= 0.6 is 0 Å². The average Bonchev–Trinajstić information content (AvgIpc) is 3.51. The first-order chi connectivity index (χ1) is 39.7. The Morgan fingerprint density at radius 1 is 0.420 bits per heavy atom. The van der Waals surface area contributed by atoms with Gasteiger partial charge in [-0.1, -0.05) is 308 Å². The molecule has 1 heterocycles. The highest BCUT2D eigenvalue weighted by Gasteiger charge is 2.44. The minimum absolute atomic E-state index is 0.255. The molecule has 11 heteroatoms. The lowest BCUT2D eigenvalue weighted by molar-refractivity contribution is -0.303. The van der Waals surface area contributed by atoms with Crippen LogP contribution in [0.2, 0.25) is 0 Å². The van der Waals surface area contributed by atoms with E-state index in [4.69, 9.17) is 9.47 Å². The summed E-state index contributed by atoms with van der Waals surface area (Å²) in [6.07, 6.45) is 62.6. The van der Waals surface area contributed by atoms with Gasteiger partial charge in [0.1, 0.15) is 36.6 Å². The number of aliphatic hydroxyl groups excluding tert-OH is 7. The van der Waals surface area contributed by atoms with Crippen molar-refractivity contribution in [2.75, 3.05) is 13.2 Å². The van der Waals surface area contributed by atoms with E-state index in [1.165, 1.54) is 270 Å². The maximum atomic E-state index is 13.2. The van der Waals surface area contributed by atoms with Crippen LogP contribution in [0.1, 0.15) is 348 Å². The number of amides is 1. The second-order valence-electron chi connectivity index (χ2n) is 25.0. The van der Waals surface area contributed by atoms with Gasteiger partial charge in [-0.05, 0) is 64.2 Å². The highest BCUT2D eigenvalue weighted by molar-refractivity contribution is 5.80. The fourth-order valence-electron chi connectivity index (χ4n) is 11.6. The molecule has 0 saturated carbocycles. The highest BCUT2D eigenvalue weighted by atomic mass is 16.7. The van der Waals surface area contributed by atoms with Gasteiger partial charge in [0.05, 0.1) is 25.4 Å². The monoisotopic (exact) mass is 1150 g/mol. The summed E-state index contributed by atoms with van der Waals surface area (Å²) in [6, 6.07) is -1.19. The Bertz CT molecular complexity index is 1370. The molecule has 0 aliphatic carbocycles. The van der Waals surface area contributed by atoms with Gasteiger partial charge in [-0.3, -0.25) is 4.79 Å². The predicted octanol–water partition coefficient (Wildman–Crippen LogP) is 16.8. The molecule has 9 atom stereocenters. The number of hydrogen-bond donors (Lipinski definition) is 8. The summed E-state index contributed by atoms with van der Waals surface area (Å²) >= 11 is 0. The molecule has 1 aliphatic heterocycles. The summed E-state index contributed by atoms with van der Waals surface area (Å²) in [6.45, 7) is 3.50. The van der Waals surface area contributed by atoms with Crippen molar-refractivity contribution in [1.29, 1.82) is 0 Å². The van der Waals surface area contributed by atoms with Gasteiger partial charge in [-0.25, -0.2) is 0 Å². The van der Waals surface area contributed by atoms with E-state index in [1.54, 1.807) is 0 Å². The first kappa shape index (κ1) is 77.6. The summed E-state index contributed by atoms with van der Waals surface area (Å²) in [7, 11) is 0. The molecule has 0 aromatic carbocycles. The molecule has 1 aliphatic rings. The SMILES string of the molecule is CCCCCCCCCCCCCC/C=C\CCCCCCCCCCCCCC(O)C(=O)NC(COC1OC(CO)C(O)C(O)C1O)C(O)C(O)CCC/C=C/CCCCCCCCCCCCCCCCCCCCCCCC. The van der Waals surface area contributed by atoms with Crippen molar-refractivity contribution in [3.8, 4) is 0 Å². The zero-order chi connectivity index (χ0) is 58.9. The van der Waals surface area contributed by atoms with Gasteiger partial charge < -0.3 is 50.5 Å². The molecular weight excluding hydrogens is 1010 g/mol. The second-order valence-corrected chi connectivity index (χ2v) is 25.0. The van der Waals surface area contributed by atoms with E-state index in [9.17, 15) is 40.5 Å². The number of carbonyl (C=O) groups is 1. The van der Waals surface area contributed by atoms with E-state index < -0.39 is 74.2 Å². The summed E-state index contributed by atoms with van der Waals surface area (Å²) in [5, 5.41) is 76.5. The van der Waals surface area contributed by atoms with Crippen molar-refractivity contribution in [1.82, 2.24) is 5.32 Å². The molecule has 1 rings (SSSR count). The Hall–Kier alpha value is -1.41. The number of aliphatic hydroxyl groups is 7. The number of nitrogens with one attached hydrogen (secondary N) is 1. The van der Waals surface area contributed by atoms with E-state index in [1.807, 2.05) is 0 Å². The Morgan fingerprint density at radius 3 is 1.06 bits per heavy atom. The van der Waals surface area contributed by atoms with Gasteiger partial charge in [0.15, 0.2) is 6.29 Å². The third kappa shape index (κ3) is 46.5. The largest absolute Gasteiger partial charge is 0.394 e. The average molecular weight is 1150 g/mol. The smallest absolute Gasteiger partial charge is 0.249 e. The van der Waals surface area contributed by atoms with Gasteiger partial charge in [0.25, 0.3) is 0 Å². The Kier molecular flexibility index (Phi) is 56.5. The van der Waals surface area contributed by atoms with Crippen molar-refractivity contribution >= 4 is 5.91 Å². The molecule has 1 amide bonds. The zero-order valence-electron chi connectivity index (χ0n) is 53.0. The van der Waals surface area contributed by atoms with Crippen LogP contribution in [0.3, 0.4) is 0 Å². The maximum Gasteiger partial charge on any atom is 0.249 e. The normalized spacial score (nSPS) is 19.2. The molecular formula is C70H135NO10. The maximum absolute atomic E-state index is 13.2. The van der Waals surface area contributed by atoms with Crippen molar-refractivity contribution in [3.05, 3.63) is 24.3 Å². The molecule has 8 N–H and O–H groups in total. The van der Waals surface area contributed by atoms with Crippen LogP contribution in [-0.4, -0.2) is 110 Å². The second kappa shape index (κ2) is 58.9. The van der Waals surface area contributed by atoms with Crippen LogP contribution in [0.25, 0.3) is 0 Å². The van der Waals surface area contributed by atoms with E-state index in [0.29, 0.717) is 12.8 Å². The number of allylic oxidation sites excluding steroid dienone is 4. The van der Waals surface area contributed by atoms with Crippen LogP contribution in [0.4, 0.5) is 0 Å². The Balaban J connectivity index is 2.22. The molecule has 0 spiro atoms. The van der Waals surface area contributed by atoms with Gasteiger partial charge in [-0.2, -0.15) is 0 Å². The van der Waals surface area contributed by atoms with Gasteiger partial charge in [-0.15, -0.1) is 0 Å². The Morgan fingerprint density at radius 2 is 0.728 bits per heavy atom. The lowest BCUT2D eigenvalue weighted by Gasteiger charge is -2.40. The van der Waals surface area contributed by atoms with Crippen LogP contribution in [-0.2, 0) is 14.3 Å². The number of unbranched alkanes of at least 4 members (excludes halogenated alkanes) is 46. The van der Waals surface area contributed by atoms with Crippen molar-refractivity contribution in [3.63, 3.8) is 0 Å². The lowest BCUT2D eigenvalue weighted by atomic mass is 9.98. The molecule has 81 heavy (non-hydrogen) atoms.